The molecular formula is C33H25N7S. The predicted octanol–water partition coefficient (Wildman–Crippen LogP) is 7.76. The Balaban J connectivity index is 1.19. The Hall–Kier alpha value is -5.34. The SMILES string of the molecule is Cc1c(-c2nn(-c3ccccc3)cc2/C=N/Nc2nc(-c3ccc4ccccc4c3)cs2)cnn1-c1ccccc1. The van der Waals surface area contributed by atoms with E-state index >= 15 is 0 Å². The summed E-state index contributed by atoms with van der Waals surface area (Å²) >= 11 is 1.52. The van der Waals surface area contributed by atoms with E-state index in [2.05, 4.69) is 65.0 Å². The number of thiazole rings is 1. The van der Waals surface area contributed by atoms with E-state index in [1.54, 1.807) is 6.21 Å². The molecule has 1 N–H and O–H groups in total. The lowest BCUT2D eigenvalue weighted by Crippen LogP contribution is -1.99. The summed E-state index contributed by atoms with van der Waals surface area (Å²) in [6.07, 6.45) is 5.64. The van der Waals surface area contributed by atoms with Crippen LogP contribution in [0, 0.1) is 6.92 Å². The van der Waals surface area contributed by atoms with Gasteiger partial charge in [-0.3, -0.25) is 5.43 Å². The molecule has 0 amide bonds. The summed E-state index contributed by atoms with van der Waals surface area (Å²) in [6, 6.07) is 34.9. The number of nitrogens with zero attached hydrogens (tertiary/aromatic N) is 6. The molecule has 7 nitrogen and oxygen atoms in total. The van der Waals surface area contributed by atoms with E-state index in [1.807, 2.05) is 87.8 Å². The molecule has 3 heterocycles. The molecule has 198 valence electrons. The van der Waals surface area contributed by atoms with Crippen LogP contribution < -0.4 is 5.43 Å². The zero-order valence-electron chi connectivity index (χ0n) is 22.2. The Morgan fingerprint density at radius 2 is 1.56 bits per heavy atom. The van der Waals surface area contributed by atoms with E-state index in [9.17, 15) is 0 Å². The van der Waals surface area contributed by atoms with E-state index in [-0.39, 0.29) is 0 Å². The van der Waals surface area contributed by atoms with Crippen LogP contribution in [0.25, 0.3) is 44.7 Å². The first-order chi connectivity index (χ1) is 20.2. The second-order valence-corrected chi connectivity index (χ2v) is 10.4. The molecule has 41 heavy (non-hydrogen) atoms. The lowest BCUT2D eigenvalue weighted by atomic mass is 10.1. The van der Waals surface area contributed by atoms with Gasteiger partial charge < -0.3 is 0 Å². The Bertz CT molecular complexity index is 1980. The molecule has 3 aromatic heterocycles. The first-order valence-corrected chi connectivity index (χ1v) is 14.1. The van der Waals surface area contributed by atoms with Gasteiger partial charge in [0.25, 0.3) is 0 Å². The van der Waals surface area contributed by atoms with Crippen molar-refractivity contribution in [3.63, 3.8) is 0 Å². The number of nitrogens with one attached hydrogen (secondary N) is 1. The fraction of sp³-hybridized carbons (Fsp3) is 0.0303. The van der Waals surface area contributed by atoms with Crippen molar-refractivity contribution in [2.24, 2.45) is 5.10 Å². The number of anilines is 1. The van der Waals surface area contributed by atoms with Crippen molar-refractivity contribution in [3.8, 4) is 33.9 Å². The third-order valence-electron chi connectivity index (χ3n) is 6.94. The molecule has 0 saturated heterocycles. The molecule has 0 atom stereocenters. The lowest BCUT2D eigenvalue weighted by molar-refractivity contribution is 0.846. The van der Waals surface area contributed by atoms with Crippen molar-refractivity contribution in [2.45, 2.75) is 6.92 Å². The molecule has 8 heteroatoms. The zero-order chi connectivity index (χ0) is 27.6. The maximum absolute atomic E-state index is 4.94. The van der Waals surface area contributed by atoms with Gasteiger partial charge in [0.1, 0.15) is 5.69 Å². The van der Waals surface area contributed by atoms with Crippen molar-refractivity contribution in [2.75, 3.05) is 5.43 Å². The number of rotatable bonds is 7. The van der Waals surface area contributed by atoms with Crippen LogP contribution in [0.3, 0.4) is 0 Å². The quantitative estimate of drug-likeness (QED) is 0.162. The predicted molar refractivity (Wildman–Crippen MR) is 167 cm³/mol. The standard InChI is InChI=1S/C33H25N7S/c1-23-30(20-35-40(23)29-14-6-3-7-15-29)32-27(21-39(38-32)28-12-4-2-5-13-28)19-34-37-33-36-31(22-41-33)26-17-16-24-10-8-9-11-25(24)18-26/h2-22H,1H3,(H,36,37)/b34-19+. The van der Waals surface area contributed by atoms with Gasteiger partial charge in [-0.05, 0) is 48.0 Å². The molecule has 0 spiro atoms. The van der Waals surface area contributed by atoms with Crippen LogP contribution in [0.1, 0.15) is 11.3 Å². The van der Waals surface area contributed by atoms with Gasteiger partial charge in [-0.1, -0.05) is 72.8 Å². The molecule has 7 aromatic rings. The van der Waals surface area contributed by atoms with Gasteiger partial charge in [-0.2, -0.15) is 15.3 Å². The van der Waals surface area contributed by atoms with E-state index < -0.39 is 0 Å². The monoisotopic (exact) mass is 551 g/mol. The second-order valence-electron chi connectivity index (χ2n) is 9.57. The van der Waals surface area contributed by atoms with Gasteiger partial charge in [-0.15, -0.1) is 11.3 Å². The van der Waals surface area contributed by atoms with Crippen LogP contribution >= 0.6 is 11.3 Å². The van der Waals surface area contributed by atoms with Crippen molar-refractivity contribution in [1.82, 2.24) is 24.5 Å². The second kappa shape index (κ2) is 10.7. The Morgan fingerprint density at radius 3 is 2.37 bits per heavy atom. The minimum atomic E-state index is 0.717. The Kier molecular flexibility index (Phi) is 6.42. The molecule has 0 fully saturated rings. The van der Waals surface area contributed by atoms with Gasteiger partial charge in [0.05, 0.1) is 35.2 Å². The van der Waals surface area contributed by atoms with Crippen LogP contribution in [-0.2, 0) is 0 Å². The highest BCUT2D eigenvalue weighted by molar-refractivity contribution is 7.14. The topological polar surface area (TPSA) is 72.9 Å². The molecular weight excluding hydrogens is 526 g/mol. The number of hydrogen-bond donors (Lipinski definition) is 1. The molecule has 4 aromatic carbocycles. The zero-order valence-corrected chi connectivity index (χ0v) is 23.0. The van der Waals surface area contributed by atoms with Crippen molar-refractivity contribution in [1.29, 1.82) is 0 Å². The van der Waals surface area contributed by atoms with Crippen molar-refractivity contribution >= 4 is 33.5 Å². The van der Waals surface area contributed by atoms with Crippen LogP contribution in [0.4, 0.5) is 5.13 Å². The van der Waals surface area contributed by atoms with Crippen molar-refractivity contribution in [3.05, 3.63) is 132 Å². The normalized spacial score (nSPS) is 11.4. The van der Waals surface area contributed by atoms with E-state index in [1.165, 1.54) is 22.1 Å². The molecule has 0 aliphatic rings. The van der Waals surface area contributed by atoms with Crippen LogP contribution in [0.15, 0.2) is 126 Å². The summed E-state index contributed by atoms with van der Waals surface area (Å²) in [6.45, 7) is 2.06. The van der Waals surface area contributed by atoms with Gasteiger partial charge in [0.15, 0.2) is 0 Å². The van der Waals surface area contributed by atoms with Crippen LogP contribution in [0.2, 0.25) is 0 Å². The molecule has 0 unspecified atom stereocenters. The summed E-state index contributed by atoms with van der Waals surface area (Å²) in [7, 11) is 0. The molecule has 7 rings (SSSR count). The average molecular weight is 552 g/mol. The highest BCUT2D eigenvalue weighted by Gasteiger charge is 2.17. The maximum atomic E-state index is 4.94. The summed E-state index contributed by atoms with van der Waals surface area (Å²) in [5.41, 5.74) is 10.7. The number of aromatic nitrogens is 5. The minimum Gasteiger partial charge on any atom is -0.253 e. The third kappa shape index (κ3) is 4.92. The van der Waals surface area contributed by atoms with Crippen molar-refractivity contribution < 1.29 is 0 Å². The molecule has 0 radical (unpaired) electrons. The highest BCUT2D eigenvalue weighted by atomic mass is 32.1. The smallest absolute Gasteiger partial charge is 0.203 e. The Morgan fingerprint density at radius 1 is 0.829 bits per heavy atom. The van der Waals surface area contributed by atoms with Gasteiger partial charge >= 0.3 is 0 Å². The van der Waals surface area contributed by atoms with Crippen LogP contribution in [0.5, 0.6) is 0 Å². The first-order valence-electron chi connectivity index (χ1n) is 13.2. The number of hydrogen-bond acceptors (Lipinski definition) is 6. The summed E-state index contributed by atoms with van der Waals surface area (Å²) in [4.78, 5) is 4.76. The molecule has 0 aliphatic heterocycles. The molecule has 0 aliphatic carbocycles. The lowest BCUT2D eigenvalue weighted by Gasteiger charge is -2.05. The number of fused-ring (bicyclic) bond motifs is 1. The number of hydrazone groups is 1. The number of para-hydroxylation sites is 2. The van der Waals surface area contributed by atoms with Gasteiger partial charge in [0, 0.05) is 28.3 Å². The first kappa shape index (κ1) is 24.7. The number of benzene rings is 4. The fourth-order valence-corrected chi connectivity index (χ4v) is 5.51. The minimum absolute atomic E-state index is 0.717. The summed E-state index contributed by atoms with van der Waals surface area (Å²) in [5, 5.41) is 19.3. The van der Waals surface area contributed by atoms with E-state index in [0.717, 1.165) is 50.3 Å². The van der Waals surface area contributed by atoms with Crippen LogP contribution in [-0.4, -0.2) is 30.8 Å². The highest BCUT2D eigenvalue weighted by Crippen LogP contribution is 2.29. The molecule has 0 saturated carbocycles. The van der Waals surface area contributed by atoms with E-state index in [4.69, 9.17) is 10.1 Å². The fourth-order valence-electron chi connectivity index (χ4n) is 4.84. The summed E-state index contributed by atoms with van der Waals surface area (Å²) < 4.78 is 3.80. The molecule has 0 bridgehead atoms. The average Bonchev–Trinajstić information content (AvgIpc) is 3.77. The maximum Gasteiger partial charge on any atom is 0.203 e. The Labute approximate surface area is 241 Å². The van der Waals surface area contributed by atoms with E-state index in [0.29, 0.717) is 0 Å². The third-order valence-corrected chi connectivity index (χ3v) is 7.69. The van der Waals surface area contributed by atoms with Gasteiger partial charge in [0.2, 0.25) is 5.13 Å². The van der Waals surface area contributed by atoms with Gasteiger partial charge in [-0.25, -0.2) is 14.3 Å². The largest absolute Gasteiger partial charge is 0.253 e. The summed E-state index contributed by atoms with van der Waals surface area (Å²) in [5.74, 6) is 0.